The minimum Gasteiger partial charge on any atom is -0.359 e. The quantitative estimate of drug-likeness (QED) is 0.844. The number of benzene rings is 1. The molecule has 1 amide bonds. The molecule has 1 rings (SSSR count). The van der Waals surface area contributed by atoms with Crippen molar-refractivity contribution in [2.24, 2.45) is 5.41 Å². The number of carbonyl (C=O) groups excluding carboxylic acids is 1. The van der Waals surface area contributed by atoms with Crippen LogP contribution in [0.3, 0.4) is 0 Å². The summed E-state index contributed by atoms with van der Waals surface area (Å²) in [5.74, 6) is -1.29. The van der Waals surface area contributed by atoms with Gasteiger partial charge in [-0.25, -0.2) is 8.78 Å². The molecule has 0 aliphatic carbocycles. The van der Waals surface area contributed by atoms with Crippen molar-refractivity contribution in [1.82, 2.24) is 10.6 Å². The van der Waals surface area contributed by atoms with Gasteiger partial charge in [0, 0.05) is 25.7 Å². The van der Waals surface area contributed by atoms with Crippen LogP contribution in [0.4, 0.5) is 8.78 Å². The number of hydrogen-bond donors (Lipinski definition) is 2. The van der Waals surface area contributed by atoms with Crippen LogP contribution in [0.5, 0.6) is 0 Å². The molecule has 0 aromatic heterocycles. The molecule has 1 aromatic carbocycles. The van der Waals surface area contributed by atoms with Gasteiger partial charge in [-0.05, 0) is 26.0 Å². The van der Waals surface area contributed by atoms with Gasteiger partial charge < -0.3 is 10.6 Å². The summed E-state index contributed by atoms with van der Waals surface area (Å²) < 4.78 is 26.7. The van der Waals surface area contributed by atoms with E-state index in [0.717, 1.165) is 0 Å². The molecule has 0 atom stereocenters. The lowest BCUT2D eigenvalue weighted by molar-refractivity contribution is -0.128. The molecule has 3 nitrogen and oxygen atoms in total. The molecule has 0 unspecified atom stereocenters. The predicted molar refractivity (Wildman–Crippen MR) is 65.9 cm³/mol. The van der Waals surface area contributed by atoms with Gasteiger partial charge in [-0.2, -0.15) is 0 Å². The first-order valence-electron chi connectivity index (χ1n) is 5.74. The van der Waals surface area contributed by atoms with E-state index in [1.165, 1.54) is 18.2 Å². The van der Waals surface area contributed by atoms with Crippen LogP contribution >= 0.6 is 0 Å². The molecule has 1 aromatic rings. The van der Waals surface area contributed by atoms with E-state index in [9.17, 15) is 13.6 Å². The van der Waals surface area contributed by atoms with Crippen molar-refractivity contribution >= 4 is 5.91 Å². The topological polar surface area (TPSA) is 41.1 Å². The third-order valence-electron chi connectivity index (χ3n) is 2.77. The van der Waals surface area contributed by atoms with Crippen LogP contribution in [0.1, 0.15) is 19.4 Å². The summed E-state index contributed by atoms with van der Waals surface area (Å²) in [6.07, 6.45) is 0. The Balaban J connectivity index is 2.59. The zero-order chi connectivity index (χ0) is 13.8. The van der Waals surface area contributed by atoms with Crippen LogP contribution < -0.4 is 10.6 Å². The second kappa shape index (κ2) is 5.91. The summed E-state index contributed by atoms with van der Waals surface area (Å²) in [6.45, 7) is 3.91. The van der Waals surface area contributed by atoms with Crippen LogP contribution in [0.15, 0.2) is 18.2 Å². The third-order valence-corrected chi connectivity index (χ3v) is 2.77. The van der Waals surface area contributed by atoms with Crippen molar-refractivity contribution in [2.45, 2.75) is 20.4 Å². The van der Waals surface area contributed by atoms with Gasteiger partial charge in [-0.1, -0.05) is 6.07 Å². The molecule has 0 spiro atoms. The summed E-state index contributed by atoms with van der Waals surface area (Å²) in [5.41, 5.74) is -0.638. The molecular formula is C13H18F2N2O. The average Bonchev–Trinajstić information content (AvgIpc) is 2.31. The van der Waals surface area contributed by atoms with E-state index in [-0.39, 0.29) is 18.0 Å². The molecule has 0 bridgehead atoms. The largest absolute Gasteiger partial charge is 0.359 e. The SMILES string of the molecule is CNC(=O)C(C)(C)CNCc1c(F)cccc1F. The van der Waals surface area contributed by atoms with E-state index < -0.39 is 17.0 Å². The number of nitrogens with one attached hydrogen (secondary N) is 2. The van der Waals surface area contributed by atoms with Crippen LogP contribution in [0, 0.1) is 17.0 Å². The number of amides is 1. The molecule has 18 heavy (non-hydrogen) atoms. The number of halogens is 2. The van der Waals surface area contributed by atoms with Gasteiger partial charge in [-0.3, -0.25) is 4.79 Å². The van der Waals surface area contributed by atoms with Crippen molar-refractivity contribution in [2.75, 3.05) is 13.6 Å². The van der Waals surface area contributed by atoms with Crippen molar-refractivity contribution in [3.05, 3.63) is 35.4 Å². The lowest BCUT2D eigenvalue weighted by atomic mass is 9.92. The van der Waals surface area contributed by atoms with Gasteiger partial charge in [0.25, 0.3) is 0 Å². The Morgan fingerprint density at radius 1 is 1.28 bits per heavy atom. The highest BCUT2D eigenvalue weighted by molar-refractivity contribution is 5.81. The lowest BCUT2D eigenvalue weighted by Gasteiger charge is -2.23. The summed E-state index contributed by atoms with van der Waals surface area (Å²) >= 11 is 0. The second-order valence-electron chi connectivity index (χ2n) is 4.77. The summed E-state index contributed by atoms with van der Waals surface area (Å²) in [7, 11) is 1.56. The maximum Gasteiger partial charge on any atom is 0.226 e. The van der Waals surface area contributed by atoms with Crippen molar-refractivity contribution in [3.8, 4) is 0 Å². The molecular weight excluding hydrogens is 238 g/mol. The Labute approximate surface area is 106 Å². The molecule has 100 valence electrons. The molecule has 0 aliphatic rings. The van der Waals surface area contributed by atoms with Crippen molar-refractivity contribution in [3.63, 3.8) is 0 Å². The molecule has 5 heteroatoms. The van der Waals surface area contributed by atoms with Gasteiger partial charge in [0.15, 0.2) is 0 Å². The highest BCUT2D eigenvalue weighted by Crippen LogP contribution is 2.15. The Kier molecular flexibility index (Phi) is 4.78. The van der Waals surface area contributed by atoms with Crippen molar-refractivity contribution in [1.29, 1.82) is 0 Å². The van der Waals surface area contributed by atoms with Crippen LogP contribution in [0.25, 0.3) is 0 Å². The lowest BCUT2D eigenvalue weighted by Crippen LogP contribution is -2.42. The predicted octanol–water partition coefficient (Wildman–Crippen LogP) is 1.83. The van der Waals surface area contributed by atoms with E-state index in [1.807, 2.05) is 0 Å². The monoisotopic (exact) mass is 256 g/mol. The Morgan fingerprint density at radius 2 is 1.83 bits per heavy atom. The Hall–Kier alpha value is -1.49. The number of rotatable bonds is 5. The smallest absolute Gasteiger partial charge is 0.226 e. The zero-order valence-corrected chi connectivity index (χ0v) is 10.8. The van der Waals surface area contributed by atoms with E-state index in [1.54, 1.807) is 20.9 Å². The fraction of sp³-hybridized carbons (Fsp3) is 0.462. The Morgan fingerprint density at radius 3 is 2.33 bits per heavy atom. The van der Waals surface area contributed by atoms with Gasteiger partial charge >= 0.3 is 0 Å². The molecule has 0 aliphatic heterocycles. The van der Waals surface area contributed by atoms with E-state index >= 15 is 0 Å². The molecule has 0 heterocycles. The van der Waals surface area contributed by atoms with E-state index in [4.69, 9.17) is 0 Å². The Bertz CT molecular complexity index is 413. The first-order valence-corrected chi connectivity index (χ1v) is 5.74. The van der Waals surface area contributed by atoms with Gasteiger partial charge in [-0.15, -0.1) is 0 Å². The summed E-state index contributed by atoms with van der Waals surface area (Å²) in [5, 5.41) is 5.45. The van der Waals surface area contributed by atoms with Crippen LogP contribution in [-0.2, 0) is 11.3 Å². The normalized spacial score (nSPS) is 11.4. The molecule has 0 radical (unpaired) electrons. The van der Waals surface area contributed by atoms with E-state index in [2.05, 4.69) is 10.6 Å². The standard InChI is InChI=1S/C13H18F2N2O/c1-13(2,12(18)16-3)8-17-7-9-10(14)5-4-6-11(9)15/h4-6,17H,7-8H2,1-3H3,(H,16,18). The first-order chi connectivity index (χ1) is 8.38. The molecule has 2 N–H and O–H groups in total. The molecule has 0 saturated carbocycles. The maximum absolute atomic E-state index is 13.3. The van der Waals surface area contributed by atoms with Gasteiger partial charge in [0.05, 0.1) is 5.41 Å². The highest BCUT2D eigenvalue weighted by Gasteiger charge is 2.26. The summed E-state index contributed by atoms with van der Waals surface area (Å²) in [4.78, 5) is 11.5. The molecule has 0 fully saturated rings. The summed E-state index contributed by atoms with van der Waals surface area (Å²) in [6, 6.07) is 3.75. The number of carbonyl (C=O) groups is 1. The number of hydrogen-bond acceptors (Lipinski definition) is 2. The fourth-order valence-corrected chi connectivity index (χ4v) is 1.62. The van der Waals surface area contributed by atoms with Gasteiger partial charge in [0.2, 0.25) is 5.91 Å². The minimum absolute atomic E-state index is 0.00907. The van der Waals surface area contributed by atoms with E-state index in [0.29, 0.717) is 6.54 Å². The third kappa shape index (κ3) is 3.50. The van der Waals surface area contributed by atoms with Crippen LogP contribution in [-0.4, -0.2) is 19.5 Å². The van der Waals surface area contributed by atoms with Gasteiger partial charge in [0.1, 0.15) is 11.6 Å². The van der Waals surface area contributed by atoms with Crippen molar-refractivity contribution < 1.29 is 13.6 Å². The first kappa shape index (κ1) is 14.6. The highest BCUT2D eigenvalue weighted by atomic mass is 19.1. The fourth-order valence-electron chi connectivity index (χ4n) is 1.62. The molecule has 0 saturated heterocycles. The van der Waals surface area contributed by atoms with Crippen LogP contribution in [0.2, 0.25) is 0 Å². The average molecular weight is 256 g/mol. The second-order valence-corrected chi connectivity index (χ2v) is 4.77. The maximum atomic E-state index is 13.3. The zero-order valence-electron chi connectivity index (χ0n) is 10.8. The minimum atomic E-state index is -0.628.